The predicted octanol–water partition coefficient (Wildman–Crippen LogP) is 4.77. The van der Waals surface area contributed by atoms with Crippen molar-refractivity contribution < 1.29 is 13.2 Å². The van der Waals surface area contributed by atoms with E-state index in [2.05, 4.69) is 21.2 Å². The van der Waals surface area contributed by atoms with E-state index in [1.807, 2.05) is 0 Å². The van der Waals surface area contributed by atoms with Crippen LogP contribution in [-0.4, -0.2) is 17.8 Å². The second-order valence-electron chi connectivity index (χ2n) is 2.85. The standard InChI is InChI=1S/C9H8BrClF3NS/c10-7-2-1-6(5-8(7)11)15-3-4-16-9(12,13)14/h1-2,5,15H,3-4H2. The second kappa shape index (κ2) is 6.02. The third kappa shape index (κ3) is 5.32. The van der Waals surface area contributed by atoms with Crippen LogP contribution in [0.3, 0.4) is 0 Å². The third-order valence-electron chi connectivity index (χ3n) is 1.62. The first-order valence-corrected chi connectivity index (χ1v) is 6.44. The van der Waals surface area contributed by atoms with Crippen LogP contribution >= 0.6 is 39.3 Å². The topological polar surface area (TPSA) is 12.0 Å². The van der Waals surface area contributed by atoms with Gasteiger partial charge in [-0.15, -0.1) is 0 Å². The molecular weight excluding hydrogens is 327 g/mol. The molecule has 0 saturated carbocycles. The molecule has 1 rings (SSSR count). The van der Waals surface area contributed by atoms with Crippen LogP contribution in [-0.2, 0) is 0 Å². The van der Waals surface area contributed by atoms with Crippen LogP contribution in [0.1, 0.15) is 0 Å². The van der Waals surface area contributed by atoms with Crippen molar-refractivity contribution in [2.75, 3.05) is 17.6 Å². The van der Waals surface area contributed by atoms with E-state index in [1.165, 1.54) is 0 Å². The van der Waals surface area contributed by atoms with Crippen LogP contribution in [0.5, 0.6) is 0 Å². The summed E-state index contributed by atoms with van der Waals surface area (Å²) in [5.74, 6) is -0.0306. The third-order valence-corrected chi connectivity index (χ3v) is 3.58. The molecule has 0 heterocycles. The fraction of sp³-hybridized carbons (Fsp3) is 0.333. The maximum atomic E-state index is 11.8. The Morgan fingerprint density at radius 2 is 2.06 bits per heavy atom. The van der Waals surface area contributed by atoms with E-state index in [0.29, 0.717) is 10.7 Å². The molecule has 1 N–H and O–H groups in total. The van der Waals surface area contributed by atoms with Crippen LogP contribution in [0.15, 0.2) is 22.7 Å². The highest BCUT2D eigenvalue weighted by atomic mass is 79.9. The zero-order chi connectivity index (χ0) is 12.2. The van der Waals surface area contributed by atoms with Crippen LogP contribution < -0.4 is 5.32 Å². The van der Waals surface area contributed by atoms with Crippen molar-refractivity contribution in [3.05, 3.63) is 27.7 Å². The normalized spacial score (nSPS) is 11.6. The van der Waals surface area contributed by atoms with E-state index in [4.69, 9.17) is 11.6 Å². The molecule has 0 aliphatic heterocycles. The molecule has 7 heteroatoms. The van der Waals surface area contributed by atoms with Gasteiger partial charge in [0, 0.05) is 22.5 Å². The van der Waals surface area contributed by atoms with Gasteiger partial charge >= 0.3 is 5.51 Å². The minimum absolute atomic E-state index is 0.0306. The van der Waals surface area contributed by atoms with Gasteiger partial charge in [0.05, 0.1) is 5.02 Å². The lowest BCUT2D eigenvalue weighted by Crippen LogP contribution is -2.09. The Morgan fingerprint density at radius 1 is 1.38 bits per heavy atom. The number of halogens is 5. The number of alkyl halides is 3. The van der Waals surface area contributed by atoms with Crippen molar-refractivity contribution in [3.63, 3.8) is 0 Å². The highest BCUT2D eigenvalue weighted by molar-refractivity contribution is 9.10. The lowest BCUT2D eigenvalue weighted by atomic mass is 10.3. The fourth-order valence-corrected chi connectivity index (χ4v) is 1.83. The SMILES string of the molecule is FC(F)(F)SCCNc1ccc(Br)c(Cl)c1. The first-order chi connectivity index (χ1) is 7.38. The molecular formula is C9H8BrClF3NS. The monoisotopic (exact) mass is 333 g/mol. The molecule has 0 aromatic heterocycles. The summed E-state index contributed by atoms with van der Waals surface area (Å²) in [4.78, 5) is 0. The maximum absolute atomic E-state index is 11.8. The molecule has 0 aliphatic rings. The molecule has 0 spiro atoms. The molecule has 0 unspecified atom stereocenters. The molecule has 0 saturated heterocycles. The molecule has 90 valence electrons. The Labute approximate surface area is 109 Å². The molecule has 1 aromatic carbocycles. The summed E-state index contributed by atoms with van der Waals surface area (Å²) >= 11 is 9.01. The summed E-state index contributed by atoms with van der Waals surface area (Å²) in [6, 6.07) is 5.14. The summed E-state index contributed by atoms with van der Waals surface area (Å²) in [6.45, 7) is 0.238. The van der Waals surface area contributed by atoms with Crippen molar-refractivity contribution in [2.45, 2.75) is 5.51 Å². The molecule has 1 aromatic rings. The first kappa shape index (κ1) is 14.0. The Kier molecular flexibility index (Phi) is 5.27. The molecule has 0 atom stereocenters. The number of benzene rings is 1. The van der Waals surface area contributed by atoms with Gasteiger partial charge in [-0.05, 0) is 45.9 Å². The highest BCUT2D eigenvalue weighted by Gasteiger charge is 2.27. The van der Waals surface area contributed by atoms with Crippen molar-refractivity contribution in [1.82, 2.24) is 0 Å². The Balaban J connectivity index is 2.35. The lowest BCUT2D eigenvalue weighted by molar-refractivity contribution is -0.0327. The quantitative estimate of drug-likeness (QED) is 0.796. The zero-order valence-corrected chi connectivity index (χ0v) is 11.1. The Bertz CT molecular complexity index is 359. The van der Waals surface area contributed by atoms with Gasteiger partial charge in [0.25, 0.3) is 0 Å². The molecule has 0 fully saturated rings. The second-order valence-corrected chi connectivity index (χ2v) is 5.27. The van der Waals surface area contributed by atoms with Crippen molar-refractivity contribution in [1.29, 1.82) is 0 Å². The van der Waals surface area contributed by atoms with E-state index in [-0.39, 0.29) is 24.1 Å². The Hall–Kier alpha value is -0.0700. The van der Waals surface area contributed by atoms with E-state index < -0.39 is 5.51 Å². The van der Waals surface area contributed by atoms with Gasteiger partial charge in [-0.2, -0.15) is 13.2 Å². The summed E-state index contributed by atoms with van der Waals surface area (Å²) in [5, 5.41) is 3.38. The van der Waals surface area contributed by atoms with Crippen molar-refractivity contribution in [2.24, 2.45) is 0 Å². The number of anilines is 1. The first-order valence-electron chi connectivity index (χ1n) is 4.28. The predicted molar refractivity (Wildman–Crippen MR) is 66.2 cm³/mol. The Morgan fingerprint density at radius 3 is 2.62 bits per heavy atom. The average Bonchev–Trinajstić information content (AvgIpc) is 2.17. The number of hydrogen-bond acceptors (Lipinski definition) is 2. The van der Waals surface area contributed by atoms with Crippen molar-refractivity contribution in [3.8, 4) is 0 Å². The number of rotatable bonds is 4. The minimum Gasteiger partial charge on any atom is -0.384 e. The average molecular weight is 335 g/mol. The van der Waals surface area contributed by atoms with Crippen LogP contribution in [0.2, 0.25) is 5.02 Å². The van der Waals surface area contributed by atoms with Crippen LogP contribution in [0.4, 0.5) is 18.9 Å². The number of thioether (sulfide) groups is 1. The van der Waals surface area contributed by atoms with E-state index in [1.54, 1.807) is 18.2 Å². The van der Waals surface area contributed by atoms with Gasteiger partial charge in [0.15, 0.2) is 0 Å². The van der Waals surface area contributed by atoms with Crippen LogP contribution in [0, 0.1) is 0 Å². The zero-order valence-electron chi connectivity index (χ0n) is 7.94. The van der Waals surface area contributed by atoms with Gasteiger partial charge in [-0.25, -0.2) is 0 Å². The molecule has 0 amide bonds. The smallest absolute Gasteiger partial charge is 0.384 e. The number of hydrogen-bond donors (Lipinski definition) is 1. The summed E-state index contributed by atoms with van der Waals surface area (Å²) in [6.07, 6.45) is 0. The van der Waals surface area contributed by atoms with Crippen molar-refractivity contribution >= 4 is 45.0 Å². The van der Waals surface area contributed by atoms with E-state index in [9.17, 15) is 13.2 Å². The summed E-state index contributed by atoms with van der Waals surface area (Å²) in [5.41, 5.74) is -3.46. The fourth-order valence-electron chi connectivity index (χ4n) is 0.968. The summed E-state index contributed by atoms with van der Waals surface area (Å²) in [7, 11) is 0. The van der Waals surface area contributed by atoms with Gasteiger partial charge < -0.3 is 5.32 Å². The van der Waals surface area contributed by atoms with E-state index in [0.717, 1.165) is 4.47 Å². The van der Waals surface area contributed by atoms with Gasteiger partial charge in [0.1, 0.15) is 0 Å². The molecule has 16 heavy (non-hydrogen) atoms. The highest BCUT2D eigenvalue weighted by Crippen LogP contribution is 2.30. The van der Waals surface area contributed by atoms with Crippen LogP contribution in [0.25, 0.3) is 0 Å². The molecule has 1 nitrogen and oxygen atoms in total. The largest absolute Gasteiger partial charge is 0.441 e. The molecule has 0 radical (unpaired) electrons. The van der Waals surface area contributed by atoms with Gasteiger partial charge in [-0.1, -0.05) is 11.6 Å². The number of nitrogens with one attached hydrogen (secondary N) is 1. The molecule has 0 bridgehead atoms. The molecule has 0 aliphatic carbocycles. The minimum atomic E-state index is -4.17. The van der Waals surface area contributed by atoms with E-state index >= 15 is 0 Å². The van der Waals surface area contributed by atoms with Gasteiger partial charge in [0.2, 0.25) is 0 Å². The van der Waals surface area contributed by atoms with Gasteiger partial charge in [-0.3, -0.25) is 0 Å². The maximum Gasteiger partial charge on any atom is 0.441 e. The lowest BCUT2D eigenvalue weighted by Gasteiger charge is -2.08. The summed E-state index contributed by atoms with van der Waals surface area (Å²) < 4.78 is 36.2.